The molecule has 0 aliphatic heterocycles. The van der Waals surface area contributed by atoms with Crippen molar-refractivity contribution >= 4 is 11.1 Å². The molecule has 1 aromatic heterocycles. The Bertz CT molecular complexity index is 3200. The van der Waals surface area contributed by atoms with Crippen LogP contribution >= 0.6 is 0 Å². The fourth-order valence-electron chi connectivity index (χ4n) is 9.87. The fraction of sp³-hybridized carbons (Fsp3) is 0.0339. The maximum atomic E-state index is 5.18. The molecule has 2 aliphatic carbocycles. The van der Waals surface area contributed by atoms with Gasteiger partial charge in [0, 0.05) is 16.7 Å². The van der Waals surface area contributed by atoms with Crippen LogP contribution in [0.15, 0.2) is 225 Å². The highest BCUT2D eigenvalue weighted by molar-refractivity contribution is 5.99. The molecule has 0 bridgehead atoms. The third-order valence-corrected chi connectivity index (χ3v) is 12.5. The van der Waals surface area contributed by atoms with Crippen LogP contribution in [0.4, 0.5) is 0 Å². The average molecular weight is 792 g/mol. The van der Waals surface area contributed by atoms with Crippen LogP contribution in [-0.4, -0.2) is 15.0 Å². The molecular formula is C59H41N3. The van der Waals surface area contributed by atoms with Crippen LogP contribution < -0.4 is 0 Å². The molecule has 3 heteroatoms. The van der Waals surface area contributed by atoms with E-state index in [2.05, 4.69) is 183 Å². The van der Waals surface area contributed by atoms with E-state index < -0.39 is 5.41 Å². The zero-order chi connectivity index (χ0) is 41.6. The van der Waals surface area contributed by atoms with Crippen molar-refractivity contribution in [2.45, 2.75) is 12.3 Å². The van der Waals surface area contributed by atoms with Gasteiger partial charge in [-0.15, -0.1) is 0 Å². The zero-order valence-corrected chi connectivity index (χ0v) is 34.3. The molecule has 0 amide bonds. The van der Waals surface area contributed by atoms with E-state index in [4.69, 9.17) is 15.0 Å². The summed E-state index contributed by atoms with van der Waals surface area (Å²) >= 11 is 0. The number of hydrogen-bond donors (Lipinski definition) is 0. The van der Waals surface area contributed by atoms with Gasteiger partial charge in [0.1, 0.15) is 0 Å². The standard InChI is InChI=1S/C59H41N3/c1-3-39(37-40(4-2)56-60-57(42-23-9-6-10-24-42)62-58(61-56)51-31-12-11-27-45(51)41-21-7-5-8-22-41)43-25-19-26-44(38-43)46-32-20-33-50-49-30-15-18-36-54(49)59(55(46)50)52-34-16-13-28-47(52)48-29-14-17-35-53(48)59/h3-38H,2H2,1H3/b39-3+,40-37+. The Morgan fingerprint density at radius 2 is 0.903 bits per heavy atom. The Morgan fingerprint density at radius 3 is 1.53 bits per heavy atom. The molecule has 0 atom stereocenters. The second kappa shape index (κ2) is 15.2. The van der Waals surface area contributed by atoms with Gasteiger partial charge in [0.25, 0.3) is 0 Å². The van der Waals surface area contributed by atoms with Crippen LogP contribution in [0.1, 0.15) is 40.6 Å². The lowest BCUT2D eigenvalue weighted by Gasteiger charge is -2.32. The normalized spacial score (nSPS) is 13.3. The minimum atomic E-state index is -0.447. The molecule has 0 N–H and O–H groups in total. The van der Waals surface area contributed by atoms with Gasteiger partial charge >= 0.3 is 0 Å². The van der Waals surface area contributed by atoms with Crippen LogP contribution in [0.25, 0.3) is 78.4 Å². The van der Waals surface area contributed by atoms with E-state index in [1.54, 1.807) is 0 Å². The lowest BCUT2D eigenvalue weighted by atomic mass is 9.68. The molecule has 9 aromatic rings. The van der Waals surface area contributed by atoms with Crippen molar-refractivity contribution in [2.75, 3.05) is 0 Å². The minimum absolute atomic E-state index is 0.447. The number of rotatable bonds is 8. The predicted octanol–water partition coefficient (Wildman–Crippen LogP) is 14.6. The van der Waals surface area contributed by atoms with E-state index in [9.17, 15) is 0 Å². The zero-order valence-electron chi connectivity index (χ0n) is 34.3. The Labute approximate surface area is 362 Å². The van der Waals surface area contributed by atoms with Crippen molar-refractivity contribution in [1.82, 2.24) is 15.0 Å². The molecule has 0 saturated heterocycles. The molecular weight excluding hydrogens is 751 g/mol. The van der Waals surface area contributed by atoms with Gasteiger partial charge in [0.05, 0.1) is 5.41 Å². The first-order chi connectivity index (χ1) is 30.7. The summed E-state index contributed by atoms with van der Waals surface area (Å²) in [5.74, 6) is 1.77. The summed E-state index contributed by atoms with van der Waals surface area (Å²) in [6, 6.07) is 71.5. The largest absolute Gasteiger partial charge is 0.208 e. The average Bonchev–Trinajstić information content (AvgIpc) is 3.82. The van der Waals surface area contributed by atoms with Gasteiger partial charge < -0.3 is 0 Å². The number of nitrogens with zero attached hydrogens (tertiary/aromatic N) is 3. The predicted molar refractivity (Wildman–Crippen MR) is 256 cm³/mol. The lowest BCUT2D eigenvalue weighted by Crippen LogP contribution is -2.26. The van der Waals surface area contributed by atoms with Crippen molar-refractivity contribution in [3.05, 3.63) is 259 Å². The number of benzene rings is 8. The van der Waals surface area contributed by atoms with Crippen molar-refractivity contribution in [3.63, 3.8) is 0 Å². The number of allylic oxidation sites excluding steroid dienone is 5. The second-order valence-corrected chi connectivity index (χ2v) is 15.8. The third-order valence-electron chi connectivity index (χ3n) is 12.5. The smallest absolute Gasteiger partial charge is 0.164 e. The monoisotopic (exact) mass is 791 g/mol. The van der Waals surface area contributed by atoms with E-state index >= 15 is 0 Å². The van der Waals surface area contributed by atoms with Gasteiger partial charge in [-0.1, -0.05) is 213 Å². The van der Waals surface area contributed by atoms with Gasteiger partial charge in [-0.25, -0.2) is 15.0 Å². The summed E-state index contributed by atoms with van der Waals surface area (Å²) in [5.41, 5.74) is 19.4. The topological polar surface area (TPSA) is 38.7 Å². The molecule has 1 spiro atoms. The molecule has 0 saturated carbocycles. The molecule has 1 heterocycles. The fourth-order valence-corrected chi connectivity index (χ4v) is 9.87. The first-order valence-corrected chi connectivity index (χ1v) is 21.2. The SMILES string of the molecule is C=C/C(=C\C(=C/C)c1cccc(-c2cccc3c2C2(c4ccccc4-c4ccccc42)c2ccccc2-3)c1)c1nc(-c2ccccc2)nc(-c2ccccc2-c2ccccc2)n1. The van der Waals surface area contributed by atoms with Crippen molar-refractivity contribution < 1.29 is 0 Å². The maximum absolute atomic E-state index is 5.18. The summed E-state index contributed by atoms with van der Waals surface area (Å²) < 4.78 is 0. The first kappa shape index (κ1) is 37.0. The molecule has 0 radical (unpaired) electrons. The van der Waals surface area contributed by atoms with Gasteiger partial charge in [0.2, 0.25) is 0 Å². The lowest BCUT2D eigenvalue weighted by molar-refractivity contribution is 0.796. The molecule has 8 aromatic carbocycles. The summed E-state index contributed by atoms with van der Waals surface area (Å²) in [6.45, 7) is 6.38. The van der Waals surface area contributed by atoms with Crippen LogP contribution in [0.5, 0.6) is 0 Å². The van der Waals surface area contributed by atoms with Crippen molar-refractivity contribution in [3.8, 4) is 67.3 Å². The summed E-state index contributed by atoms with van der Waals surface area (Å²) in [7, 11) is 0. The Kier molecular flexibility index (Phi) is 9.09. The molecule has 2 aliphatic rings. The van der Waals surface area contributed by atoms with Gasteiger partial charge in [0.15, 0.2) is 17.5 Å². The van der Waals surface area contributed by atoms with Crippen LogP contribution in [-0.2, 0) is 5.41 Å². The number of hydrogen-bond acceptors (Lipinski definition) is 3. The summed E-state index contributed by atoms with van der Waals surface area (Å²) in [6.07, 6.45) is 6.16. The summed E-state index contributed by atoms with van der Waals surface area (Å²) in [5, 5.41) is 0. The van der Waals surface area contributed by atoms with E-state index in [1.165, 1.54) is 50.1 Å². The van der Waals surface area contributed by atoms with Gasteiger partial charge in [-0.3, -0.25) is 0 Å². The Balaban J connectivity index is 1.05. The Morgan fingerprint density at radius 1 is 0.419 bits per heavy atom. The highest BCUT2D eigenvalue weighted by Gasteiger charge is 2.52. The minimum Gasteiger partial charge on any atom is -0.208 e. The molecule has 292 valence electrons. The van der Waals surface area contributed by atoms with Crippen LogP contribution in [0.3, 0.4) is 0 Å². The van der Waals surface area contributed by atoms with Gasteiger partial charge in [-0.05, 0) is 97.0 Å². The van der Waals surface area contributed by atoms with E-state index in [1.807, 2.05) is 48.5 Å². The van der Waals surface area contributed by atoms with Crippen LogP contribution in [0.2, 0.25) is 0 Å². The quantitative estimate of drug-likeness (QED) is 0.144. The number of fused-ring (bicyclic) bond motifs is 10. The van der Waals surface area contributed by atoms with Gasteiger partial charge in [-0.2, -0.15) is 0 Å². The second-order valence-electron chi connectivity index (χ2n) is 15.8. The highest BCUT2D eigenvalue weighted by Crippen LogP contribution is 2.64. The van der Waals surface area contributed by atoms with Crippen LogP contribution in [0, 0.1) is 0 Å². The van der Waals surface area contributed by atoms with E-state index in [-0.39, 0.29) is 0 Å². The van der Waals surface area contributed by atoms with Crippen molar-refractivity contribution in [1.29, 1.82) is 0 Å². The Hall–Kier alpha value is -8.01. The maximum Gasteiger partial charge on any atom is 0.164 e. The molecule has 62 heavy (non-hydrogen) atoms. The third kappa shape index (κ3) is 5.85. The van der Waals surface area contributed by atoms with E-state index in [0.29, 0.717) is 17.5 Å². The molecule has 3 nitrogen and oxygen atoms in total. The van der Waals surface area contributed by atoms with Crippen molar-refractivity contribution in [2.24, 2.45) is 0 Å². The first-order valence-electron chi connectivity index (χ1n) is 21.2. The highest BCUT2D eigenvalue weighted by atomic mass is 15.0. The number of aromatic nitrogens is 3. The molecule has 0 unspecified atom stereocenters. The molecule has 11 rings (SSSR count). The molecule has 0 fully saturated rings. The van der Waals surface area contributed by atoms with E-state index in [0.717, 1.165) is 44.5 Å². The summed E-state index contributed by atoms with van der Waals surface area (Å²) in [4.78, 5) is 15.4.